The van der Waals surface area contributed by atoms with Crippen LogP contribution in [-0.4, -0.2) is 118 Å². The highest BCUT2D eigenvalue weighted by Crippen LogP contribution is 2.35. The summed E-state index contributed by atoms with van der Waals surface area (Å²) in [6.45, 7) is 15.8. The molecule has 50 heavy (non-hydrogen) atoms. The fraction of sp³-hybridized carbons (Fsp3) is 0.429. The molecule has 0 radical (unpaired) electrons. The van der Waals surface area contributed by atoms with Crippen molar-refractivity contribution in [3.8, 4) is 0 Å². The van der Waals surface area contributed by atoms with Crippen molar-refractivity contribution in [3.05, 3.63) is 77.4 Å². The number of amides is 1. The van der Waals surface area contributed by atoms with E-state index in [0.29, 0.717) is 48.4 Å². The zero-order valence-corrected chi connectivity index (χ0v) is 28.8. The van der Waals surface area contributed by atoms with Crippen molar-refractivity contribution in [1.82, 2.24) is 14.7 Å². The quantitative estimate of drug-likeness (QED) is 0.338. The predicted molar refractivity (Wildman–Crippen MR) is 193 cm³/mol. The number of hydrogen-bond acceptors (Lipinski definition) is 11. The second-order valence-electron chi connectivity index (χ2n) is 12.2. The average molecular weight is 695 g/mol. The molecule has 3 heterocycles. The standard InChI is InChI=1S/C35H45F3N10O2/c1-5-40-30-23-41-34(48-15-11-46(12-16-48)17-18-50-4)44-31(30)32(39)43-29-19-25(8-7-24(29)3)33(49)42-27-20-26(35(36,37)38)21-28(22-27)47-13-9-45(6-2)10-14-47/h5,7-8,19-23,43H,1,6,9-18,39H2,2-4H3,(H,42,49)/b32-31-,40-30-. The smallest absolute Gasteiger partial charge is 0.383 e. The molecule has 5 rings (SSSR count). The number of nitrogens with zero attached hydrogens (tertiary/aromatic N) is 7. The third-order valence-corrected chi connectivity index (χ3v) is 8.97. The van der Waals surface area contributed by atoms with Gasteiger partial charge in [-0.15, -0.1) is 0 Å². The number of ether oxygens (including phenoxy) is 1. The van der Waals surface area contributed by atoms with Crippen LogP contribution in [0.1, 0.15) is 28.4 Å². The zero-order valence-electron chi connectivity index (χ0n) is 28.8. The van der Waals surface area contributed by atoms with E-state index in [2.05, 4.69) is 48.8 Å². The Bertz CT molecular complexity index is 1670. The summed E-state index contributed by atoms with van der Waals surface area (Å²) in [7, 11) is 1.69. The van der Waals surface area contributed by atoms with Gasteiger partial charge in [0.1, 0.15) is 17.2 Å². The van der Waals surface area contributed by atoms with E-state index in [1.807, 2.05) is 11.8 Å². The number of carbonyl (C=O) groups is 1. The molecule has 2 aromatic rings. The van der Waals surface area contributed by atoms with Gasteiger partial charge in [0.2, 0.25) is 5.96 Å². The molecule has 0 saturated carbocycles. The van der Waals surface area contributed by atoms with E-state index < -0.39 is 17.6 Å². The number of likely N-dealkylation sites (N-methyl/N-ethyl adjacent to an activating group) is 1. The van der Waals surface area contributed by atoms with Gasteiger partial charge in [-0.05, 0) is 49.4 Å². The van der Waals surface area contributed by atoms with Gasteiger partial charge < -0.3 is 35.8 Å². The van der Waals surface area contributed by atoms with Gasteiger partial charge in [0.05, 0.1) is 18.4 Å². The first kappa shape index (κ1) is 36.5. The SMILES string of the molecule is C=C/N=C1/C=NC(N2CCN(CCOC)CC2)=N/C1=C(/N)Nc1cc(C(=O)Nc2cc(N3CCN(CC)CC3)cc(C(F)(F)F)c2)ccc1C. The van der Waals surface area contributed by atoms with Crippen molar-refractivity contribution in [2.24, 2.45) is 20.7 Å². The normalized spacial score (nSPS) is 19.4. The molecular formula is C35H45F3N10O2. The maximum atomic E-state index is 13.9. The van der Waals surface area contributed by atoms with Crippen molar-refractivity contribution in [2.45, 2.75) is 20.0 Å². The first-order valence-electron chi connectivity index (χ1n) is 16.7. The van der Waals surface area contributed by atoms with Crippen LogP contribution in [0.15, 0.2) is 75.7 Å². The van der Waals surface area contributed by atoms with Crippen LogP contribution in [0.2, 0.25) is 0 Å². The molecule has 12 nitrogen and oxygen atoms in total. The lowest BCUT2D eigenvalue weighted by Crippen LogP contribution is -2.49. The Kier molecular flexibility index (Phi) is 11.9. The highest BCUT2D eigenvalue weighted by Gasteiger charge is 2.32. The highest BCUT2D eigenvalue weighted by molar-refractivity contribution is 6.41. The van der Waals surface area contributed by atoms with Crippen LogP contribution in [-0.2, 0) is 10.9 Å². The number of anilines is 3. The zero-order chi connectivity index (χ0) is 35.8. The summed E-state index contributed by atoms with van der Waals surface area (Å²) in [6.07, 6.45) is -1.61. The van der Waals surface area contributed by atoms with E-state index in [0.717, 1.165) is 70.1 Å². The molecule has 0 spiro atoms. The van der Waals surface area contributed by atoms with Crippen molar-refractivity contribution < 1.29 is 22.7 Å². The first-order valence-corrected chi connectivity index (χ1v) is 16.7. The minimum atomic E-state index is -4.58. The second kappa shape index (κ2) is 16.3. The summed E-state index contributed by atoms with van der Waals surface area (Å²) >= 11 is 0. The number of alkyl halides is 3. The van der Waals surface area contributed by atoms with Gasteiger partial charge >= 0.3 is 6.18 Å². The van der Waals surface area contributed by atoms with Gasteiger partial charge in [-0.1, -0.05) is 19.6 Å². The Hall–Kier alpha value is -4.73. The number of nitrogens with one attached hydrogen (secondary N) is 2. The third kappa shape index (κ3) is 9.08. The van der Waals surface area contributed by atoms with Crippen LogP contribution in [0.3, 0.4) is 0 Å². The molecule has 0 atom stereocenters. The lowest BCUT2D eigenvalue weighted by Gasteiger charge is -2.36. The molecule has 0 aromatic heterocycles. The van der Waals surface area contributed by atoms with Gasteiger partial charge in [0, 0.05) is 94.8 Å². The minimum absolute atomic E-state index is 0.0580. The predicted octanol–water partition coefficient (Wildman–Crippen LogP) is 4.24. The second-order valence-corrected chi connectivity index (χ2v) is 12.2. The molecule has 2 fully saturated rings. The van der Waals surface area contributed by atoms with Gasteiger partial charge in [-0.25, -0.2) is 9.98 Å². The number of aliphatic imine (C=N–C) groups is 3. The number of carbonyl (C=O) groups excluding carboxylic acids is 1. The Morgan fingerprint density at radius 3 is 2.38 bits per heavy atom. The van der Waals surface area contributed by atoms with E-state index in [4.69, 9.17) is 15.5 Å². The van der Waals surface area contributed by atoms with E-state index in [-0.39, 0.29) is 17.1 Å². The number of allylic oxidation sites excluding steroid dienone is 1. The topological polar surface area (TPSA) is 126 Å². The first-order chi connectivity index (χ1) is 24.0. The highest BCUT2D eigenvalue weighted by atomic mass is 19.4. The molecule has 0 bridgehead atoms. The number of guanidine groups is 1. The van der Waals surface area contributed by atoms with Crippen LogP contribution in [0.4, 0.5) is 30.2 Å². The maximum Gasteiger partial charge on any atom is 0.416 e. The van der Waals surface area contributed by atoms with Gasteiger partial charge in [0.15, 0.2) is 0 Å². The lowest BCUT2D eigenvalue weighted by atomic mass is 10.1. The van der Waals surface area contributed by atoms with E-state index >= 15 is 0 Å². The van der Waals surface area contributed by atoms with Crippen molar-refractivity contribution in [3.63, 3.8) is 0 Å². The third-order valence-electron chi connectivity index (χ3n) is 8.97. The molecular weight excluding hydrogens is 649 g/mol. The van der Waals surface area contributed by atoms with E-state index in [1.54, 1.807) is 37.6 Å². The van der Waals surface area contributed by atoms with Crippen LogP contribution in [0.25, 0.3) is 0 Å². The fourth-order valence-electron chi connectivity index (χ4n) is 5.96. The molecule has 2 aromatic carbocycles. The average Bonchev–Trinajstić information content (AvgIpc) is 3.11. The molecule has 2 saturated heterocycles. The van der Waals surface area contributed by atoms with Crippen molar-refractivity contribution in [1.29, 1.82) is 0 Å². The molecule has 15 heteroatoms. The molecule has 3 aliphatic rings. The molecule has 0 aliphatic carbocycles. The number of methoxy groups -OCH3 is 1. The molecule has 3 aliphatic heterocycles. The summed E-state index contributed by atoms with van der Waals surface area (Å²) < 4.78 is 47.0. The monoisotopic (exact) mass is 694 g/mol. The lowest BCUT2D eigenvalue weighted by molar-refractivity contribution is -0.137. The Balaban J connectivity index is 1.35. The molecule has 0 unspecified atom stereocenters. The van der Waals surface area contributed by atoms with Crippen LogP contribution in [0.5, 0.6) is 0 Å². The van der Waals surface area contributed by atoms with Crippen LogP contribution < -0.4 is 21.3 Å². The van der Waals surface area contributed by atoms with Crippen molar-refractivity contribution >= 4 is 40.9 Å². The fourth-order valence-corrected chi connectivity index (χ4v) is 5.96. The van der Waals surface area contributed by atoms with E-state index in [1.165, 1.54) is 6.20 Å². The largest absolute Gasteiger partial charge is 0.416 e. The summed E-state index contributed by atoms with van der Waals surface area (Å²) in [5.74, 6) is 0.125. The number of aryl methyl sites for hydroxylation is 1. The van der Waals surface area contributed by atoms with Gasteiger partial charge in [-0.3, -0.25) is 14.7 Å². The maximum absolute atomic E-state index is 13.9. The Morgan fingerprint density at radius 2 is 1.72 bits per heavy atom. The summed E-state index contributed by atoms with van der Waals surface area (Å²) in [4.78, 5) is 35.6. The number of halogens is 3. The number of nitrogens with two attached hydrogens (primary N) is 1. The van der Waals surface area contributed by atoms with E-state index in [9.17, 15) is 18.0 Å². The minimum Gasteiger partial charge on any atom is -0.383 e. The summed E-state index contributed by atoms with van der Waals surface area (Å²) in [6, 6.07) is 8.63. The number of piperazine rings is 2. The van der Waals surface area contributed by atoms with Crippen LogP contribution in [0, 0.1) is 6.92 Å². The molecule has 4 N–H and O–H groups in total. The van der Waals surface area contributed by atoms with Crippen LogP contribution >= 0.6 is 0 Å². The molecule has 1 amide bonds. The van der Waals surface area contributed by atoms with Crippen molar-refractivity contribution in [2.75, 3.05) is 94.7 Å². The number of rotatable bonds is 10. The Morgan fingerprint density at radius 1 is 1.02 bits per heavy atom. The summed E-state index contributed by atoms with van der Waals surface area (Å²) in [5, 5.41) is 5.85. The molecule has 268 valence electrons. The van der Waals surface area contributed by atoms with Gasteiger partial charge in [0.25, 0.3) is 5.91 Å². The number of hydrogen-bond donors (Lipinski definition) is 3. The summed E-state index contributed by atoms with van der Waals surface area (Å²) in [5.41, 5.74) is 8.53. The Labute approximate surface area is 290 Å². The van der Waals surface area contributed by atoms with Gasteiger partial charge in [-0.2, -0.15) is 13.2 Å². The number of benzene rings is 2.